The van der Waals surface area contributed by atoms with Gasteiger partial charge in [0, 0.05) is 37.0 Å². The van der Waals surface area contributed by atoms with Crippen molar-refractivity contribution >= 4 is 5.91 Å². The number of amides is 1. The third-order valence-electron chi connectivity index (χ3n) is 3.16. The molecule has 1 N–H and O–H groups in total. The van der Waals surface area contributed by atoms with E-state index in [4.69, 9.17) is 0 Å². The van der Waals surface area contributed by atoms with Crippen LogP contribution in [0.2, 0.25) is 0 Å². The maximum atomic E-state index is 12.2. The first-order valence-corrected chi connectivity index (χ1v) is 6.56. The monoisotopic (exact) mass is 281 g/mol. The number of hydrogen-bond acceptors (Lipinski definition) is 4. The van der Waals surface area contributed by atoms with Crippen molar-refractivity contribution < 1.29 is 9.90 Å². The molecule has 0 radical (unpaired) electrons. The van der Waals surface area contributed by atoms with Crippen molar-refractivity contribution in [2.24, 2.45) is 5.41 Å². The highest BCUT2D eigenvalue weighted by Gasteiger charge is 2.22. The van der Waals surface area contributed by atoms with Crippen molar-refractivity contribution in [3.63, 3.8) is 0 Å². The molecule has 0 fully saturated rings. The summed E-state index contributed by atoms with van der Waals surface area (Å²) >= 11 is 0. The summed E-state index contributed by atoms with van der Waals surface area (Å²) in [5.74, 6) is -0.178. The predicted octanol–water partition coefficient (Wildman–Crippen LogP) is 0.337. The van der Waals surface area contributed by atoms with E-state index < -0.39 is 5.69 Å². The van der Waals surface area contributed by atoms with E-state index in [9.17, 15) is 14.7 Å². The quantitative estimate of drug-likeness (QED) is 0.844. The standard InChI is InChI=1S/C14H23N3O3/c1-10-6-11(2)17(13(20)15-10)7-12(19)16(5)8-14(3,4)9-18/h6,18H,7-9H2,1-5H3. The lowest BCUT2D eigenvalue weighted by Gasteiger charge is -2.28. The van der Waals surface area contributed by atoms with Crippen LogP contribution in [0.3, 0.4) is 0 Å². The minimum atomic E-state index is -0.411. The molecule has 0 bridgehead atoms. The average Bonchev–Trinajstić information content (AvgIpc) is 2.32. The molecule has 1 aromatic rings. The molecule has 1 amide bonds. The van der Waals surface area contributed by atoms with Crippen molar-refractivity contribution in [2.45, 2.75) is 34.2 Å². The van der Waals surface area contributed by atoms with Crippen LogP contribution in [0.25, 0.3) is 0 Å². The van der Waals surface area contributed by atoms with Gasteiger partial charge < -0.3 is 10.0 Å². The van der Waals surface area contributed by atoms with Gasteiger partial charge in [-0.3, -0.25) is 9.36 Å². The van der Waals surface area contributed by atoms with Gasteiger partial charge in [0.1, 0.15) is 6.54 Å². The van der Waals surface area contributed by atoms with Gasteiger partial charge in [0.25, 0.3) is 0 Å². The summed E-state index contributed by atoms with van der Waals surface area (Å²) in [6, 6.07) is 1.77. The van der Waals surface area contributed by atoms with Gasteiger partial charge in [-0.2, -0.15) is 4.98 Å². The number of aromatic nitrogens is 2. The van der Waals surface area contributed by atoms with Gasteiger partial charge in [0.2, 0.25) is 5.91 Å². The topological polar surface area (TPSA) is 75.4 Å². The normalized spacial score (nSPS) is 11.5. The third kappa shape index (κ3) is 4.16. The zero-order valence-electron chi connectivity index (χ0n) is 12.8. The van der Waals surface area contributed by atoms with Crippen LogP contribution in [-0.2, 0) is 11.3 Å². The molecule has 0 unspecified atom stereocenters. The number of aliphatic hydroxyl groups is 1. The number of carbonyl (C=O) groups excluding carboxylic acids is 1. The summed E-state index contributed by atoms with van der Waals surface area (Å²) in [5, 5.41) is 9.23. The smallest absolute Gasteiger partial charge is 0.348 e. The number of nitrogens with zero attached hydrogens (tertiary/aromatic N) is 3. The van der Waals surface area contributed by atoms with Gasteiger partial charge in [-0.1, -0.05) is 13.8 Å². The summed E-state index contributed by atoms with van der Waals surface area (Å²) < 4.78 is 1.36. The Morgan fingerprint density at radius 1 is 1.45 bits per heavy atom. The average molecular weight is 281 g/mol. The molecule has 0 saturated carbocycles. The Labute approximate surface area is 119 Å². The lowest BCUT2D eigenvalue weighted by molar-refractivity contribution is -0.132. The Bertz CT molecular complexity index is 549. The van der Waals surface area contributed by atoms with Gasteiger partial charge in [-0.15, -0.1) is 0 Å². The summed E-state index contributed by atoms with van der Waals surface area (Å²) in [7, 11) is 1.67. The predicted molar refractivity (Wildman–Crippen MR) is 76.5 cm³/mol. The van der Waals surface area contributed by atoms with Crippen LogP contribution in [0.15, 0.2) is 10.9 Å². The molecule has 6 nitrogen and oxygen atoms in total. The van der Waals surface area contributed by atoms with E-state index in [1.54, 1.807) is 27.0 Å². The number of aliphatic hydroxyl groups excluding tert-OH is 1. The van der Waals surface area contributed by atoms with Gasteiger partial charge in [-0.05, 0) is 19.9 Å². The van der Waals surface area contributed by atoms with Crippen LogP contribution < -0.4 is 5.69 Å². The minimum absolute atomic E-state index is 0.00428. The summed E-state index contributed by atoms with van der Waals surface area (Å²) in [4.78, 5) is 29.3. The van der Waals surface area contributed by atoms with Crippen LogP contribution >= 0.6 is 0 Å². The molecule has 1 heterocycles. The highest BCUT2D eigenvalue weighted by molar-refractivity contribution is 5.75. The molecule has 0 aliphatic heterocycles. The fraction of sp³-hybridized carbons (Fsp3) is 0.643. The Balaban J connectivity index is 2.84. The largest absolute Gasteiger partial charge is 0.396 e. The first kappa shape index (κ1) is 16.4. The van der Waals surface area contributed by atoms with Gasteiger partial charge >= 0.3 is 5.69 Å². The van der Waals surface area contributed by atoms with Crippen molar-refractivity contribution in [1.29, 1.82) is 0 Å². The highest BCUT2D eigenvalue weighted by Crippen LogP contribution is 2.15. The molecule has 1 rings (SSSR count). The molecule has 1 aromatic heterocycles. The number of rotatable bonds is 5. The molecule has 0 aliphatic carbocycles. The van der Waals surface area contributed by atoms with Crippen molar-refractivity contribution in [2.75, 3.05) is 20.2 Å². The molecule has 6 heteroatoms. The number of hydrogen-bond donors (Lipinski definition) is 1. The zero-order valence-corrected chi connectivity index (χ0v) is 12.8. The van der Waals surface area contributed by atoms with E-state index in [2.05, 4.69) is 4.98 Å². The zero-order chi connectivity index (χ0) is 15.5. The maximum absolute atomic E-state index is 12.2. The van der Waals surface area contributed by atoms with Crippen LogP contribution in [0.4, 0.5) is 0 Å². The van der Waals surface area contributed by atoms with E-state index in [0.29, 0.717) is 17.9 Å². The second kappa shape index (κ2) is 6.17. The van der Waals surface area contributed by atoms with Crippen molar-refractivity contribution in [1.82, 2.24) is 14.5 Å². The second-order valence-corrected chi connectivity index (χ2v) is 5.98. The number of carbonyl (C=O) groups is 1. The van der Waals surface area contributed by atoms with Crippen LogP contribution in [0.5, 0.6) is 0 Å². The second-order valence-electron chi connectivity index (χ2n) is 5.98. The minimum Gasteiger partial charge on any atom is -0.396 e. The Hall–Kier alpha value is -1.69. The third-order valence-corrected chi connectivity index (χ3v) is 3.16. The molecule has 0 saturated heterocycles. The fourth-order valence-electron chi connectivity index (χ4n) is 2.00. The Morgan fingerprint density at radius 3 is 2.55 bits per heavy atom. The van der Waals surface area contributed by atoms with Crippen LogP contribution in [0.1, 0.15) is 25.2 Å². The number of aryl methyl sites for hydroxylation is 2. The molecular weight excluding hydrogens is 258 g/mol. The highest BCUT2D eigenvalue weighted by atomic mass is 16.3. The summed E-state index contributed by atoms with van der Waals surface area (Å²) in [5.41, 5.74) is 0.581. The van der Waals surface area contributed by atoms with Crippen LogP contribution in [-0.4, -0.2) is 45.7 Å². The molecule has 112 valence electrons. The summed E-state index contributed by atoms with van der Waals surface area (Å²) in [6.07, 6.45) is 0. The molecule has 0 aromatic carbocycles. The van der Waals surface area contributed by atoms with Crippen molar-refractivity contribution in [3.8, 4) is 0 Å². The molecule has 0 atom stereocenters. The lowest BCUT2D eigenvalue weighted by atomic mass is 9.94. The van der Waals surface area contributed by atoms with E-state index >= 15 is 0 Å². The SMILES string of the molecule is Cc1cc(C)n(CC(=O)N(C)CC(C)(C)CO)c(=O)n1. The van der Waals surface area contributed by atoms with Crippen LogP contribution in [0, 0.1) is 19.3 Å². The van der Waals surface area contributed by atoms with Gasteiger partial charge in [0.15, 0.2) is 0 Å². The molecule has 20 heavy (non-hydrogen) atoms. The number of likely N-dealkylation sites (N-methyl/N-ethyl adjacent to an activating group) is 1. The van der Waals surface area contributed by atoms with Gasteiger partial charge in [-0.25, -0.2) is 4.79 Å². The summed E-state index contributed by atoms with van der Waals surface area (Å²) in [6.45, 7) is 7.67. The maximum Gasteiger partial charge on any atom is 0.348 e. The first-order valence-electron chi connectivity index (χ1n) is 6.56. The van der Waals surface area contributed by atoms with Crippen molar-refractivity contribution in [3.05, 3.63) is 27.9 Å². The first-order chi connectivity index (χ1) is 9.16. The molecular formula is C14H23N3O3. The Morgan fingerprint density at radius 2 is 2.05 bits per heavy atom. The molecule has 0 spiro atoms. The van der Waals surface area contributed by atoms with E-state index in [0.717, 1.165) is 0 Å². The van der Waals surface area contributed by atoms with Gasteiger partial charge in [0.05, 0.1) is 0 Å². The Kier molecular flexibility index (Phi) is 5.05. The fourth-order valence-corrected chi connectivity index (χ4v) is 2.00. The van der Waals surface area contributed by atoms with E-state index in [1.807, 2.05) is 13.8 Å². The van der Waals surface area contributed by atoms with E-state index in [1.165, 1.54) is 9.47 Å². The van der Waals surface area contributed by atoms with E-state index in [-0.39, 0.29) is 24.5 Å². The molecule has 0 aliphatic rings. The lowest BCUT2D eigenvalue weighted by Crippen LogP contribution is -2.41.